The van der Waals surface area contributed by atoms with Crippen LogP contribution in [0.5, 0.6) is 0 Å². The first-order valence-electron chi connectivity index (χ1n) is 7.77. The van der Waals surface area contributed by atoms with E-state index in [0.717, 1.165) is 44.8 Å². The van der Waals surface area contributed by atoms with E-state index in [1.54, 1.807) is 6.07 Å². The lowest BCUT2D eigenvalue weighted by molar-refractivity contribution is 0.238. The number of halogens is 1. The largest absolute Gasteiger partial charge is 0.304 e. The van der Waals surface area contributed by atoms with E-state index in [2.05, 4.69) is 36.6 Å². The third kappa shape index (κ3) is 6.05. The van der Waals surface area contributed by atoms with Crippen LogP contribution in [-0.2, 0) is 6.54 Å². The van der Waals surface area contributed by atoms with E-state index >= 15 is 0 Å². The molecule has 1 rings (SSSR count). The van der Waals surface area contributed by atoms with Crippen molar-refractivity contribution < 1.29 is 0 Å². The molecule has 0 radical (unpaired) electrons. The second-order valence-electron chi connectivity index (χ2n) is 5.17. The van der Waals surface area contributed by atoms with Gasteiger partial charge in [-0.3, -0.25) is 4.90 Å². The summed E-state index contributed by atoms with van der Waals surface area (Å²) in [5, 5.41) is 9.56. The molecule has 0 fully saturated rings. The fourth-order valence-electron chi connectivity index (χ4n) is 2.39. The minimum Gasteiger partial charge on any atom is -0.304 e. The second kappa shape index (κ2) is 9.78. The quantitative estimate of drug-likeness (QED) is 0.696. The van der Waals surface area contributed by atoms with Crippen molar-refractivity contribution in [2.45, 2.75) is 33.7 Å². The van der Waals surface area contributed by atoms with Crippen molar-refractivity contribution >= 4 is 11.6 Å². The Morgan fingerprint density at radius 1 is 1.05 bits per heavy atom. The fourth-order valence-corrected chi connectivity index (χ4v) is 2.63. The monoisotopic (exact) mass is 307 g/mol. The lowest BCUT2D eigenvalue weighted by atomic mass is 10.1. The summed E-state index contributed by atoms with van der Waals surface area (Å²) in [4.78, 5) is 4.85. The second-order valence-corrected chi connectivity index (χ2v) is 5.57. The average molecular weight is 308 g/mol. The van der Waals surface area contributed by atoms with Crippen LogP contribution in [0.25, 0.3) is 0 Å². The van der Waals surface area contributed by atoms with Gasteiger partial charge in [0.2, 0.25) is 0 Å². The molecule has 0 saturated carbocycles. The van der Waals surface area contributed by atoms with Crippen molar-refractivity contribution in [3.8, 4) is 6.07 Å². The van der Waals surface area contributed by atoms with Crippen molar-refractivity contribution in [1.82, 2.24) is 9.80 Å². The van der Waals surface area contributed by atoms with Crippen LogP contribution in [0.4, 0.5) is 0 Å². The van der Waals surface area contributed by atoms with Crippen molar-refractivity contribution in [3.63, 3.8) is 0 Å². The van der Waals surface area contributed by atoms with E-state index in [-0.39, 0.29) is 0 Å². The van der Waals surface area contributed by atoms with Crippen molar-refractivity contribution in [2.24, 2.45) is 0 Å². The van der Waals surface area contributed by atoms with Crippen LogP contribution in [-0.4, -0.2) is 42.5 Å². The number of rotatable bonds is 9. The molecule has 3 nitrogen and oxygen atoms in total. The van der Waals surface area contributed by atoms with Crippen molar-refractivity contribution in [2.75, 3.05) is 32.7 Å². The minimum atomic E-state index is 0.619. The molecule has 0 unspecified atom stereocenters. The summed E-state index contributed by atoms with van der Waals surface area (Å²) in [6.45, 7) is 12.9. The molecule has 0 N–H and O–H groups in total. The van der Waals surface area contributed by atoms with Gasteiger partial charge in [0, 0.05) is 11.6 Å². The molecule has 0 amide bonds. The summed E-state index contributed by atoms with van der Waals surface area (Å²) >= 11 is 6.25. The zero-order valence-electron chi connectivity index (χ0n) is 13.4. The van der Waals surface area contributed by atoms with Gasteiger partial charge in [-0.15, -0.1) is 0 Å². The number of hydrogen-bond acceptors (Lipinski definition) is 3. The zero-order valence-corrected chi connectivity index (χ0v) is 14.2. The fraction of sp³-hybridized carbons (Fsp3) is 0.588. The Labute approximate surface area is 134 Å². The van der Waals surface area contributed by atoms with Gasteiger partial charge < -0.3 is 4.90 Å². The molecule has 0 saturated heterocycles. The maximum absolute atomic E-state index is 8.87. The molecule has 0 aromatic heterocycles. The van der Waals surface area contributed by atoms with E-state index in [4.69, 9.17) is 16.9 Å². The molecule has 1 aromatic rings. The van der Waals surface area contributed by atoms with Crippen LogP contribution in [0.1, 0.15) is 38.3 Å². The molecule has 0 aliphatic rings. The van der Waals surface area contributed by atoms with Crippen LogP contribution >= 0.6 is 11.6 Å². The van der Waals surface area contributed by atoms with E-state index in [1.807, 2.05) is 12.1 Å². The molecule has 0 aliphatic heterocycles. The molecule has 0 atom stereocenters. The first-order chi connectivity index (χ1) is 10.1. The highest BCUT2D eigenvalue weighted by Gasteiger charge is 2.08. The Kier molecular flexibility index (Phi) is 8.37. The topological polar surface area (TPSA) is 30.3 Å². The van der Waals surface area contributed by atoms with Gasteiger partial charge in [0.15, 0.2) is 0 Å². The normalized spacial score (nSPS) is 11.1. The SMILES string of the molecule is CCN(CC)CCCN(CC)Cc1ccc(C#N)cc1Cl. The van der Waals surface area contributed by atoms with E-state index < -0.39 is 0 Å². The maximum atomic E-state index is 8.87. The van der Waals surface area contributed by atoms with Crippen LogP contribution in [0.2, 0.25) is 5.02 Å². The van der Waals surface area contributed by atoms with Crippen LogP contribution in [0, 0.1) is 11.3 Å². The van der Waals surface area contributed by atoms with E-state index in [0.29, 0.717) is 10.6 Å². The van der Waals surface area contributed by atoms with Crippen LogP contribution < -0.4 is 0 Å². The molecule has 0 bridgehead atoms. The summed E-state index contributed by atoms with van der Waals surface area (Å²) in [6.07, 6.45) is 1.17. The first-order valence-corrected chi connectivity index (χ1v) is 8.15. The smallest absolute Gasteiger partial charge is 0.0992 e. The van der Waals surface area contributed by atoms with E-state index in [1.165, 1.54) is 6.42 Å². The molecular formula is C17H26ClN3. The number of benzene rings is 1. The predicted molar refractivity (Wildman–Crippen MR) is 89.5 cm³/mol. The Morgan fingerprint density at radius 2 is 1.67 bits per heavy atom. The number of nitrogens with zero attached hydrogens (tertiary/aromatic N) is 3. The summed E-state index contributed by atoms with van der Waals surface area (Å²) in [6, 6.07) is 7.67. The van der Waals surface area contributed by atoms with Crippen molar-refractivity contribution in [3.05, 3.63) is 34.3 Å². The summed E-state index contributed by atoms with van der Waals surface area (Å²) < 4.78 is 0. The Morgan fingerprint density at radius 3 is 2.19 bits per heavy atom. The summed E-state index contributed by atoms with van der Waals surface area (Å²) in [5.41, 5.74) is 1.72. The predicted octanol–water partition coefficient (Wildman–Crippen LogP) is 3.77. The van der Waals surface area contributed by atoms with Gasteiger partial charge in [-0.2, -0.15) is 5.26 Å². The Bertz CT molecular complexity index is 464. The molecule has 0 aliphatic carbocycles. The third-order valence-electron chi connectivity index (χ3n) is 3.87. The van der Waals surface area contributed by atoms with Gasteiger partial charge in [-0.1, -0.05) is 38.4 Å². The standard InChI is InChI=1S/C17H26ClN3/c1-4-20(5-2)10-7-11-21(6-3)14-16-9-8-15(13-19)12-17(16)18/h8-9,12H,4-7,10-11,14H2,1-3H3. The average Bonchev–Trinajstić information content (AvgIpc) is 2.51. The molecule has 0 heterocycles. The van der Waals surface area contributed by atoms with Gasteiger partial charge >= 0.3 is 0 Å². The number of nitriles is 1. The lowest BCUT2D eigenvalue weighted by Crippen LogP contribution is -2.29. The molecule has 4 heteroatoms. The molecular weight excluding hydrogens is 282 g/mol. The first kappa shape index (κ1) is 18.0. The Balaban J connectivity index is 2.52. The van der Waals surface area contributed by atoms with Crippen LogP contribution in [0.15, 0.2) is 18.2 Å². The maximum Gasteiger partial charge on any atom is 0.0992 e. The minimum absolute atomic E-state index is 0.619. The van der Waals surface area contributed by atoms with E-state index in [9.17, 15) is 0 Å². The van der Waals surface area contributed by atoms with Gasteiger partial charge in [0.25, 0.3) is 0 Å². The Hall–Kier alpha value is -1.08. The van der Waals surface area contributed by atoms with Gasteiger partial charge in [0.05, 0.1) is 11.6 Å². The zero-order chi connectivity index (χ0) is 15.7. The van der Waals surface area contributed by atoms with Gasteiger partial charge in [-0.05, 0) is 56.8 Å². The lowest BCUT2D eigenvalue weighted by Gasteiger charge is -2.23. The van der Waals surface area contributed by atoms with Crippen molar-refractivity contribution in [1.29, 1.82) is 5.26 Å². The van der Waals surface area contributed by atoms with Gasteiger partial charge in [0.1, 0.15) is 0 Å². The van der Waals surface area contributed by atoms with Gasteiger partial charge in [-0.25, -0.2) is 0 Å². The molecule has 116 valence electrons. The highest BCUT2D eigenvalue weighted by atomic mass is 35.5. The molecule has 21 heavy (non-hydrogen) atoms. The molecule has 0 spiro atoms. The van der Waals surface area contributed by atoms with Crippen LogP contribution in [0.3, 0.4) is 0 Å². The highest BCUT2D eigenvalue weighted by molar-refractivity contribution is 6.31. The summed E-state index contributed by atoms with van der Waals surface area (Å²) in [5.74, 6) is 0. The number of hydrogen-bond donors (Lipinski definition) is 0. The molecule has 1 aromatic carbocycles. The highest BCUT2D eigenvalue weighted by Crippen LogP contribution is 2.19. The third-order valence-corrected chi connectivity index (χ3v) is 4.22. The summed E-state index contributed by atoms with van der Waals surface area (Å²) in [7, 11) is 0.